The number of nitrogens with two attached hydrogens (primary N) is 1. The highest BCUT2D eigenvalue weighted by Crippen LogP contribution is 2.20. The highest BCUT2D eigenvalue weighted by atomic mass is 35.5. The van der Waals surface area contributed by atoms with Gasteiger partial charge < -0.3 is 15.4 Å². The Hall–Kier alpha value is -3.60. The molecule has 0 aliphatic rings. The first kappa shape index (κ1) is 26.5. The number of benzene rings is 4. The standard InChI is InChI=1S/C32H33ClN2O2/c33-29-17-12-27(13-18-29)24-37-30-19-14-26(15-20-30)23-35(22-6-21-34)32(36)31-10-5-4-9-28(31)16-11-25-7-2-1-3-8-25/h1-5,7-10,12-15,17-20H,6,11,16,21-24,34H2. The number of ether oxygens (including phenoxy) is 1. The lowest BCUT2D eigenvalue weighted by molar-refractivity contribution is 0.0741. The van der Waals surface area contributed by atoms with E-state index in [1.807, 2.05) is 77.7 Å². The third-order valence-electron chi connectivity index (χ3n) is 6.31. The molecule has 4 nitrogen and oxygen atoms in total. The molecule has 190 valence electrons. The molecular formula is C32H33ClN2O2. The van der Waals surface area contributed by atoms with Crippen molar-refractivity contribution in [2.45, 2.75) is 32.4 Å². The fourth-order valence-electron chi connectivity index (χ4n) is 4.23. The highest BCUT2D eigenvalue weighted by Gasteiger charge is 2.19. The molecule has 0 aliphatic carbocycles. The van der Waals surface area contributed by atoms with Crippen molar-refractivity contribution in [3.8, 4) is 5.75 Å². The molecule has 0 atom stereocenters. The molecule has 0 bridgehead atoms. The zero-order valence-corrected chi connectivity index (χ0v) is 21.7. The van der Waals surface area contributed by atoms with Gasteiger partial charge in [-0.25, -0.2) is 0 Å². The van der Waals surface area contributed by atoms with Gasteiger partial charge in [-0.3, -0.25) is 4.79 Å². The van der Waals surface area contributed by atoms with Gasteiger partial charge in [0, 0.05) is 23.7 Å². The van der Waals surface area contributed by atoms with Crippen molar-refractivity contribution in [3.63, 3.8) is 0 Å². The topological polar surface area (TPSA) is 55.6 Å². The zero-order chi connectivity index (χ0) is 25.9. The first-order valence-corrected chi connectivity index (χ1v) is 13.1. The second-order valence-corrected chi connectivity index (χ2v) is 9.51. The fourth-order valence-corrected chi connectivity index (χ4v) is 4.36. The minimum Gasteiger partial charge on any atom is -0.489 e. The van der Waals surface area contributed by atoms with Crippen LogP contribution in [0, 0.1) is 0 Å². The van der Waals surface area contributed by atoms with E-state index in [9.17, 15) is 4.79 Å². The van der Waals surface area contributed by atoms with Gasteiger partial charge >= 0.3 is 0 Å². The molecule has 4 rings (SSSR count). The van der Waals surface area contributed by atoms with E-state index < -0.39 is 0 Å². The summed E-state index contributed by atoms with van der Waals surface area (Å²) >= 11 is 5.95. The van der Waals surface area contributed by atoms with Crippen molar-refractivity contribution >= 4 is 17.5 Å². The van der Waals surface area contributed by atoms with Gasteiger partial charge in [0.15, 0.2) is 0 Å². The minimum absolute atomic E-state index is 0.0418. The normalized spacial score (nSPS) is 10.8. The molecule has 2 N–H and O–H groups in total. The molecule has 0 radical (unpaired) electrons. The molecule has 0 aliphatic heterocycles. The number of amides is 1. The van der Waals surface area contributed by atoms with Crippen LogP contribution in [0.3, 0.4) is 0 Å². The summed E-state index contributed by atoms with van der Waals surface area (Å²) in [5, 5.41) is 0.709. The molecular weight excluding hydrogens is 480 g/mol. The van der Waals surface area contributed by atoms with Gasteiger partial charge in [-0.15, -0.1) is 0 Å². The molecule has 0 heterocycles. The number of hydrogen-bond donors (Lipinski definition) is 1. The largest absolute Gasteiger partial charge is 0.489 e. The van der Waals surface area contributed by atoms with Crippen LogP contribution in [-0.4, -0.2) is 23.9 Å². The lowest BCUT2D eigenvalue weighted by atomic mass is 9.98. The molecule has 4 aromatic carbocycles. The van der Waals surface area contributed by atoms with Crippen molar-refractivity contribution in [2.24, 2.45) is 5.73 Å². The summed E-state index contributed by atoms with van der Waals surface area (Å²) in [6, 6.07) is 33.9. The number of nitrogens with zero attached hydrogens (tertiary/aromatic N) is 1. The van der Waals surface area contributed by atoms with E-state index in [1.165, 1.54) is 5.56 Å². The third-order valence-corrected chi connectivity index (χ3v) is 6.56. The Bertz CT molecular complexity index is 1260. The summed E-state index contributed by atoms with van der Waals surface area (Å²) in [5.74, 6) is 0.824. The Kier molecular flexibility index (Phi) is 9.75. The monoisotopic (exact) mass is 512 g/mol. The molecule has 0 aromatic heterocycles. The van der Waals surface area contributed by atoms with Crippen LogP contribution in [0.5, 0.6) is 5.75 Å². The number of carbonyl (C=O) groups excluding carboxylic acids is 1. The summed E-state index contributed by atoms with van der Waals surface area (Å²) in [6.45, 7) is 2.13. The van der Waals surface area contributed by atoms with Gasteiger partial charge in [0.2, 0.25) is 0 Å². The van der Waals surface area contributed by atoms with Crippen LogP contribution in [0.25, 0.3) is 0 Å². The Morgan fingerprint density at radius 1 is 0.757 bits per heavy atom. The van der Waals surface area contributed by atoms with Crippen molar-refractivity contribution in [2.75, 3.05) is 13.1 Å². The van der Waals surface area contributed by atoms with Crippen LogP contribution in [0.15, 0.2) is 103 Å². The van der Waals surface area contributed by atoms with Gasteiger partial charge in [0.1, 0.15) is 12.4 Å². The van der Waals surface area contributed by atoms with Crippen LogP contribution in [0.1, 0.15) is 39.0 Å². The Labute approximate surface area is 224 Å². The average molecular weight is 513 g/mol. The lowest BCUT2D eigenvalue weighted by Gasteiger charge is -2.24. The van der Waals surface area contributed by atoms with Crippen LogP contribution >= 0.6 is 11.6 Å². The van der Waals surface area contributed by atoms with E-state index in [4.69, 9.17) is 22.1 Å². The molecule has 0 fully saturated rings. The van der Waals surface area contributed by atoms with Crippen molar-refractivity contribution in [1.29, 1.82) is 0 Å². The summed E-state index contributed by atoms with van der Waals surface area (Å²) in [7, 11) is 0. The van der Waals surface area contributed by atoms with Crippen LogP contribution in [0.2, 0.25) is 5.02 Å². The van der Waals surface area contributed by atoms with Crippen LogP contribution in [0.4, 0.5) is 0 Å². The molecule has 0 saturated carbocycles. The van der Waals surface area contributed by atoms with Gasteiger partial charge in [0.05, 0.1) is 0 Å². The van der Waals surface area contributed by atoms with E-state index in [1.54, 1.807) is 0 Å². The second-order valence-electron chi connectivity index (χ2n) is 9.07. The zero-order valence-electron chi connectivity index (χ0n) is 21.0. The SMILES string of the molecule is NCCCN(Cc1ccc(OCc2ccc(Cl)cc2)cc1)C(=O)c1ccccc1CCc1ccccc1. The van der Waals surface area contributed by atoms with E-state index >= 15 is 0 Å². The highest BCUT2D eigenvalue weighted by molar-refractivity contribution is 6.30. The Balaban J connectivity index is 1.42. The average Bonchev–Trinajstić information content (AvgIpc) is 2.95. The molecule has 1 amide bonds. The predicted molar refractivity (Wildman–Crippen MR) is 151 cm³/mol. The fraction of sp³-hybridized carbons (Fsp3) is 0.219. The first-order valence-electron chi connectivity index (χ1n) is 12.7. The molecule has 5 heteroatoms. The summed E-state index contributed by atoms with van der Waals surface area (Å²) < 4.78 is 5.91. The lowest BCUT2D eigenvalue weighted by Crippen LogP contribution is -2.33. The minimum atomic E-state index is 0.0418. The predicted octanol–water partition coefficient (Wildman–Crippen LogP) is 6.70. The van der Waals surface area contributed by atoms with E-state index in [0.29, 0.717) is 31.3 Å². The molecule has 0 unspecified atom stereocenters. The molecule has 0 spiro atoms. The quantitative estimate of drug-likeness (QED) is 0.230. The summed E-state index contributed by atoms with van der Waals surface area (Å²) in [4.78, 5) is 15.6. The van der Waals surface area contributed by atoms with Gasteiger partial charge in [-0.1, -0.05) is 84.4 Å². The third kappa shape index (κ3) is 7.94. The smallest absolute Gasteiger partial charge is 0.254 e. The van der Waals surface area contributed by atoms with Gasteiger partial charge in [-0.05, 0) is 78.4 Å². The Morgan fingerprint density at radius 3 is 2.16 bits per heavy atom. The van der Waals surface area contributed by atoms with E-state index in [-0.39, 0.29) is 5.91 Å². The van der Waals surface area contributed by atoms with Crippen molar-refractivity contribution < 1.29 is 9.53 Å². The maximum absolute atomic E-state index is 13.7. The molecule has 37 heavy (non-hydrogen) atoms. The van der Waals surface area contributed by atoms with Gasteiger partial charge in [-0.2, -0.15) is 0 Å². The first-order chi connectivity index (χ1) is 18.1. The van der Waals surface area contributed by atoms with E-state index in [0.717, 1.165) is 47.3 Å². The number of halogens is 1. The van der Waals surface area contributed by atoms with Crippen LogP contribution in [-0.2, 0) is 26.0 Å². The molecule has 4 aromatic rings. The summed E-state index contributed by atoms with van der Waals surface area (Å²) in [6.07, 6.45) is 2.46. The number of carbonyl (C=O) groups is 1. The number of hydrogen-bond acceptors (Lipinski definition) is 3. The second kappa shape index (κ2) is 13.6. The van der Waals surface area contributed by atoms with Gasteiger partial charge in [0.25, 0.3) is 5.91 Å². The summed E-state index contributed by atoms with van der Waals surface area (Å²) in [5.41, 5.74) is 11.0. The van der Waals surface area contributed by atoms with Crippen molar-refractivity contribution in [3.05, 3.63) is 136 Å². The van der Waals surface area contributed by atoms with Crippen LogP contribution < -0.4 is 10.5 Å². The van der Waals surface area contributed by atoms with Crippen molar-refractivity contribution in [1.82, 2.24) is 4.90 Å². The molecule has 0 saturated heterocycles. The Morgan fingerprint density at radius 2 is 1.43 bits per heavy atom. The number of aryl methyl sites for hydroxylation is 2. The maximum Gasteiger partial charge on any atom is 0.254 e. The maximum atomic E-state index is 13.7. The van der Waals surface area contributed by atoms with E-state index in [2.05, 4.69) is 30.3 Å². The number of rotatable bonds is 12.